The van der Waals surface area contributed by atoms with Crippen LogP contribution in [-0.2, 0) is 10.2 Å². The Bertz CT molecular complexity index is 469. The number of nitrogens with two attached hydrogens (primary N) is 1. The highest BCUT2D eigenvalue weighted by Crippen LogP contribution is 2.26. The third-order valence-electron chi connectivity index (χ3n) is 3.64. The maximum Gasteiger partial charge on any atom is 0.138 e. The Morgan fingerprint density at radius 2 is 2.10 bits per heavy atom. The monoisotopic (exact) mass is 278 g/mol. The molecule has 0 spiro atoms. The van der Waals surface area contributed by atoms with Crippen molar-refractivity contribution in [2.75, 3.05) is 23.8 Å². The first-order chi connectivity index (χ1) is 9.31. The minimum Gasteiger partial charge on any atom is -0.384 e. The number of nitrogens with zero attached hydrogens (tertiary/aromatic N) is 3. The van der Waals surface area contributed by atoms with Crippen LogP contribution in [0.15, 0.2) is 6.07 Å². The van der Waals surface area contributed by atoms with Crippen molar-refractivity contribution in [2.45, 2.75) is 58.6 Å². The summed E-state index contributed by atoms with van der Waals surface area (Å²) in [5.74, 6) is 2.25. The van der Waals surface area contributed by atoms with Gasteiger partial charge in [-0.1, -0.05) is 27.7 Å². The zero-order valence-electron chi connectivity index (χ0n) is 13.2. The van der Waals surface area contributed by atoms with Gasteiger partial charge in [-0.15, -0.1) is 0 Å². The van der Waals surface area contributed by atoms with E-state index in [1.165, 1.54) is 0 Å². The first kappa shape index (κ1) is 15.0. The smallest absolute Gasteiger partial charge is 0.138 e. The van der Waals surface area contributed by atoms with Crippen LogP contribution < -0.4 is 10.6 Å². The molecule has 0 amide bonds. The zero-order valence-corrected chi connectivity index (χ0v) is 13.2. The van der Waals surface area contributed by atoms with E-state index in [2.05, 4.69) is 44.5 Å². The fourth-order valence-corrected chi connectivity index (χ4v) is 2.40. The van der Waals surface area contributed by atoms with Gasteiger partial charge in [0.15, 0.2) is 0 Å². The Kier molecular flexibility index (Phi) is 4.18. The summed E-state index contributed by atoms with van der Waals surface area (Å²) in [6, 6.07) is 2.23. The second-order valence-electron chi connectivity index (χ2n) is 6.58. The average Bonchev–Trinajstić information content (AvgIpc) is 2.37. The van der Waals surface area contributed by atoms with Gasteiger partial charge < -0.3 is 15.4 Å². The van der Waals surface area contributed by atoms with Gasteiger partial charge in [-0.2, -0.15) is 0 Å². The minimum absolute atomic E-state index is 0.107. The van der Waals surface area contributed by atoms with Crippen molar-refractivity contribution in [1.82, 2.24) is 9.97 Å². The average molecular weight is 278 g/mol. The van der Waals surface area contributed by atoms with Crippen LogP contribution in [0.4, 0.5) is 11.6 Å². The van der Waals surface area contributed by atoms with Gasteiger partial charge in [0.25, 0.3) is 0 Å². The number of anilines is 2. The number of morpholine rings is 1. The van der Waals surface area contributed by atoms with Gasteiger partial charge in [-0.25, -0.2) is 9.97 Å². The molecule has 20 heavy (non-hydrogen) atoms. The SMILES string of the molecule is CCC1COC(C)CN1c1cc(N)nc(C(C)(C)C)n1. The molecule has 2 N–H and O–H groups in total. The molecule has 1 saturated heterocycles. The number of hydrogen-bond donors (Lipinski definition) is 1. The van der Waals surface area contributed by atoms with E-state index < -0.39 is 0 Å². The second-order valence-corrected chi connectivity index (χ2v) is 6.58. The molecule has 1 aromatic rings. The van der Waals surface area contributed by atoms with Crippen LogP contribution in [-0.4, -0.2) is 35.3 Å². The lowest BCUT2D eigenvalue weighted by Crippen LogP contribution is -2.49. The lowest BCUT2D eigenvalue weighted by molar-refractivity contribution is 0.0296. The van der Waals surface area contributed by atoms with Crippen LogP contribution in [0.3, 0.4) is 0 Å². The molecule has 112 valence electrons. The van der Waals surface area contributed by atoms with Gasteiger partial charge in [0.05, 0.1) is 18.8 Å². The zero-order chi connectivity index (χ0) is 14.9. The van der Waals surface area contributed by atoms with Gasteiger partial charge in [0.1, 0.15) is 17.5 Å². The van der Waals surface area contributed by atoms with Crippen molar-refractivity contribution >= 4 is 11.6 Å². The van der Waals surface area contributed by atoms with Crippen molar-refractivity contribution in [1.29, 1.82) is 0 Å². The maximum atomic E-state index is 5.98. The van der Waals surface area contributed by atoms with E-state index in [4.69, 9.17) is 15.5 Å². The highest BCUT2D eigenvalue weighted by atomic mass is 16.5. The Hall–Kier alpha value is -1.36. The molecule has 0 aliphatic carbocycles. The Labute approximate surface area is 121 Å². The normalized spacial score (nSPS) is 23.9. The van der Waals surface area contributed by atoms with Crippen LogP contribution in [0.5, 0.6) is 0 Å². The molecular weight excluding hydrogens is 252 g/mol. The summed E-state index contributed by atoms with van der Waals surface area (Å²) in [7, 11) is 0. The molecule has 2 rings (SSSR count). The molecule has 1 aliphatic heterocycles. The van der Waals surface area contributed by atoms with E-state index in [0.717, 1.165) is 31.2 Å². The summed E-state index contributed by atoms with van der Waals surface area (Å²) in [4.78, 5) is 11.4. The van der Waals surface area contributed by atoms with Crippen LogP contribution in [0.25, 0.3) is 0 Å². The van der Waals surface area contributed by atoms with Crippen molar-refractivity contribution in [3.8, 4) is 0 Å². The topological polar surface area (TPSA) is 64.3 Å². The van der Waals surface area contributed by atoms with E-state index in [9.17, 15) is 0 Å². The highest BCUT2D eigenvalue weighted by molar-refractivity contribution is 5.49. The van der Waals surface area contributed by atoms with Crippen molar-refractivity contribution in [3.63, 3.8) is 0 Å². The third-order valence-corrected chi connectivity index (χ3v) is 3.64. The Morgan fingerprint density at radius 1 is 1.40 bits per heavy atom. The molecule has 0 radical (unpaired) electrons. The van der Waals surface area contributed by atoms with E-state index in [-0.39, 0.29) is 11.5 Å². The van der Waals surface area contributed by atoms with Gasteiger partial charge in [0.2, 0.25) is 0 Å². The fourth-order valence-electron chi connectivity index (χ4n) is 2.40. The summed E-state index contributed by atoms with van der Waals surface area (Å²) in [5, 5.41) is 0. The standard InChI is InChI=1S/C15H26N4O/c1-6-11-9-20-10(2)8-19(11)13-7-12(16)17-14(18-13)15(3,4)5/h7,10-11H,6,8-9H2,1-5H3,(H2,16,17,18). The molecule has 5 nitrogen and oxygen atoms in total. The molecule has 2 atom stereocenters. The first-order valence-electron chi connectivity index (χ1n) is 7.34. The molecule has 1 fully saturated rings. The quantitative estimate of drug-likeness (QED) is 0.899. The van der Waals surface area contributed by atoms with Crippen molar-refractivity contribution in [3.05, 3.63) is 11.9 Å². The number of rotatable bonds is 2. The molecule has 0 aromatic carbocycles. The van der Waals surface area contributed by atoms with Crippen LogP contribution in [0.2, 0.25) is 0 Å². The van der Waals surface area contributed by atoms with Crippen LogP contribution >= 0.6 is 0 Å². The Morgan fingerprint density at radius 3 is 2.70 bits per heavy atom. The summed E-state index contributed by atoms with van der Waals surface area (Å²) in [6.07, 6.45) is 1.24. The van der Waals surface area contributed by atoms with E-state index >= 15 is 0 Å². The first-order valence-corrected chi connectivity index (χ1v) is 7.34. The number of hydrogen-bond acceptors (Lipinski definition) is 5. The number of nitrogen functional groups attached to an aromatic ring is 1. The Balaban J connectivity index is 2.37. The molecule has 0 saturated carbocycles. The van der Waals surface area contributed by atoms with Gasteiger partial charge in [-0.3, -0.25) is 0 Å². The molecule has 1 aliphatic rings. The maximum absolute atomic E-state index is 5.98. The lowest BCUT2D eigenvalue weighted by atomic mass is 9.95. The van der Waals surface area contributed by atoms with Gasteiger partial charge in [0, 0.05) is 18.0 Å². The highest BCUT2D eigenvalue weighted by Gasteiger charge is 2.28. The fraction of sp³-hybridized carbons (Fsp3) is 0.733. The molecule has 1 aromatic heterocycles. The summed E-state index contributed by atoms with van der Waals surface area (Å²) < 4.78 is 5.74. The number of ether oxygens (including phenoxy) is 1. The second kappa shape index (κ2) is 5.56. The molecule has 0 bridgehead atoms. The lowest BCUT2D eigenvalue weighted by Gasteiger charge is -2.39. The molecular formula is C15H26N4O. The van der Waals surface area contributed by atoms with Gasteiger partial charge >= 0.3 is 0 Å². The van der Waals surface area contributed by atoms with Crippen molar-refractivity contribution in [2.24, 2.45) is 0 Å². The molecule has 2 heterocycles. The van der Waals surface area contributed by atoms with Crippen LogP contribution in [0, 0.1) is 0 Å². The predicted octanol–water partition coefficient (Wildman–Crippen LogP) is 2.36. The summed E-state index contributed by atoms with van der Waals surface area (Å²) in [5.41, 5.74) is 5.87. The van der Waals surface area contributed by atoms with E-state index in [1.54, 1.807) is 0 Å². The number of aromatic nitrogens is 2. The third kappa shape index (κ3) is 3.20. The van der Waals surface area contributed by atoms with E-state index in [0.29, 0.717) is 11.9 Å². The minimum atomic E-state index is -0.107. The summed E-state index contributed by atoms with van der Waals surface area (Å²) >= 11 is 0. The van der Waals surface area contributed by atoms with Gasteiger partial charge in [-0.05, 0) is 13.3 Å². The molecule has 2 unspecified atom stereocenters. The predicted molar refractivity (Wildman–Crippen MR) is 82.0 cm³/mol. The van der Waals surface area contributed by atoms with Crippen LogP contribution in [0.1, 0.15) is 46.9 Å². The van der Waals surface area contributed by atoms with E-state index in [1.807, 2.05) is 6.07 Å². The van der Waals surface area contributed by atoms with Crippen molar-refractivity contribution < 1.29 is 4.74 Å². The summed E-state index contributed by atoms with van der Waals surface area (Å²) in [6.45, 7) is 12.2. The molecule has 5 heteroatoms. The largest absolute Gasteiger partial charge is 0.384 e.